The SMILES string of the molecule is CCOC(=O)c1c(C)cc(=O)n(Cc2nc(C)no2)c1C. The maximum absolute atomic E-state index is 12.1. The molecule has 112 valence electrons. The van der Waals surface area contributed by atoms with E-state index in [-0.39, 0.29) is 18.7 Å². The maximum atomic E-state index is 12.1. The third-order valence-corrected chi connectivity index (χ3v) is 3.11. The Morgan fingerprint density at radius 3 is 2.67 bits per heavy atom. The number of rotatable bonds is 4. The summed E-state index contributed by atoms with van der Waals surface area (Å²) in [7, 11) is 0. The molecule has 0 saturated carbocycles. The van der Waals surface area contributed by atoms with Gasteiger partial charge in [-0.05, 0) is 33.3 Å². The van der Waals surface area contributed by atoms with E-state index in [1.165, 1.54) is 10.6 Å². The van der Waals surface area contributed by atoms with Crippen molar-refractivity contribution in [2.75, 3.05) is 6.61 Å². The molecule has 0 bridgehead atoms. The monoisotopic (exact) mass is 291 g/mol. The van der Waals surface area contributed by atoms with E-state index in [4.69, 9.17) is 9.26 Å². The molecule has 0 saturated heterocycles. The molecule has 0 fully saturated rings. The van der Waals surface area contributed by atoms with Crippen LogP contribution >= 0.6 is 0 Å². The molecule has 0 spiro atoms. The van der Waals surface area contributed by atoms with Gasteiger partial charge in [0.05, 0.1) is 12.2 Å². The molecule has 7 nitrogen and oxygen atoms in total. The fraction of sp³-hybridized carbons (Fsp3) is 0.429. The van der Waals surface area contributed by atoms with E-state index in [0.717, 1.165) is 0 Å². The van der Waals surface area contributed by atoms with Crippen LogP contribution < -0.4 is 5.56 Å². The van der Waals surface area contributed by atoms with Crippen LogP contribution in [-0.4, -0.2) is 27.3 Å². The van der Waals surface area contributed by atoms with E-state index in [2.05, 4.69) is 10.1 Å². The van der Waals surface area contributed by atoms with Crippen LogP contribution in [0.4, 0.5) is 0 Å². The highest BCUT2D eigenvalue weighted by Crippen LogP contribution is 2.14. The number of aryl methyl sites for hydroxylation is 2. The van der Waals surface area contributed by atoms with Gasteiger partial charge in [0.1, 0.15) is 6.54 Å². The average molecular weight is 291 g/mol. The third-order valence-electron chi connectivity index (χ3n) is 3.11. The highest BCUT2D eigenvalue weighted by atomic mass is 16.5. The minimum atomic E-state index is -0.442. The zero-order valence-electron chi connectivity index (χ0n) is 12.5. The molecule has 0 aliphatic carbocycles. The van der Waals surface area contributed by atoms with Crippen LogP contribution in [0.3, 0.4) is 0 Å². The van der Waals surface area contributed by atoms with Gasteiger partial charge in [-0.15, -0.1) is 0 Å². The van der Waals surface area contributed by atoms with Gasteiger partial charge in [-0.2, -0.15) is 4.98 Å². The number of carbonyl (C=O) groups is 1. The lowest BCUT2D eigenvalue weighted by Crippen LogP contribution is -2.26. The summed E-state index contributed by atoms with van der Waals surface area (Å²) < 4.78 is 11.5. The van der Waals surface area contributed by atoms with Crippen molar-refractivity contribution in [3.8, 4) is 0 Å². The van der Waals surface area contributed by atoms with Crippen molar-refractivity contribution in [3.05, 3.63) is 45.0 Å². The van der Waals surface area contributed by atoms with Gasteiger partial charge in [0.15, 0.2) is 5.82 Å². The van der Waals surface area contributed by atoms with Gasteiger partial charge in [0, 0.05) is 11.8 Å². The normalized spacial score (nSPS) is 10.7. The van der Waals surface area contributed by atoms with Crippen molar-refractivity contribution < 1.29 is 14.1 Å². The Hall–Kier alpha value is -2.44. The quantitative estimate of drug-likeness (QED) is 0.791. The van der Waals surface area contributed by atoms with Crippen LogP contribution in [0, 0.1) is 20.8 Å². The molecule has 0 atom stereocenters. The van der Waals surface area contributed by atoms with Crippen molar-refractivity contribution in [2.24, 2.45) is 0 Å². The first-order valence-corrected chi connectivity index (χ1v) is 6.61. The Morgan fingerprint density at radius 1 is 1.38 bits per heavy atom. The van der Waals surface area contributed by atoms with E-state index in [0.29, 0.717) is 28.5 Å². The first kappa shape index (κ1) is 15.0. The summed E-state index contributed by atoms with van der Waals surface area (Å²) in [4.78, 5) is 28.2. The highest BCUT2D eigenvalue weighted by Gasteiger charge is 2.19. The second-order valence-electron chi connectivity index (χ2n) is 4.67. The summed E-state index contributed by atoms with van der Waals surface area (Å²) >= 11 is 0. The van der Waals surface area contributed by atoms with Gasteiger partial charge in [-0.3, -0.25) is 4.79 Å². The van der Waals surface area contributed by atoms with Gasteiger partial charge in [-0.25, -0.2) is 4.79 Å². The fourth-order valence-corrected chi connectivity index (χ4v) is 2.17. The molecule has 2 aromatic rings. The summed E-state index contributed by atoms with van der Waals surface area (Å²) in [6.07, 6.45) is 0. The second kappa shape index (κ2) is 5.90. The summed E-state index contributed by atoms with van der Waals surface area (Å²) in [6, 6.07) is 1.41. The molecule has 0 N–H and O–H groups in total. The van der Waals surface area contributed by atoms with Crippen molar-refractivity contribution in [2.45, 2.75) is 34.2 Å². The molecule has 0 aliphatic rings. The van der Waals surface area contributed by atoms with Crippen molar-refractivity contribution in [1.82, 2.24) is 14.7 Å². The molecule has 2 rings (SSSR count). The molecular weight excluding hydrogens is 274 g/mol. The van der Waals surface area contributed by atoms with E-state index < -0.39 is 5.97 Å². The number of nitrogens with zero attached hydrogens (tertiary/aromatic N) is 3. The zero-order valence-corrected chi connectivity index (χ0v) is 12.5. The number of pyridine rings is 1. The number of ether oxygens (including phenoxy) is 1. The summed E-state index contributed by atoms with van der Waals surface area (Å²) in [5.74, 6) is 0.368. The van der Waals surface area contributed by atoms with Crippen LogP contribution in [0.2, 0.25) is 0 Å². The molecule has 21 heavy (non-hydrogen) atoms. The minimum absolute atomic E-state index is 0.123. The standard InChI is InChI=1S/C14H17N3O4/c1-5-20-14(19)13-8(2)6-12(18)17(9(13)3)7-11-15-10(4)16-21-11/h6H,5,7H2,1-4H3. The third kappa shape index (κ3) is 3.01. The number of esters is 1. The average Bonchev–Trinajstić information content (AvgIpc) is 2.80. The molecule has 2 aromatic heterocycles. The van der Waals surface area contributed by atoms with Crippen LogP contribution in [-0.2, 0) is 11.3 Å². The highest BCUT2D eigenvalue weighted by molar-refractivity contribution is 5.92. The summed E-state index contributed by atoms with van der Waals surface area (Å²) in [6.45, 7) is 7.24. The first-order valence-electron chi connectivity index (χ1n) is 6.61. The summed E-state index contributed by atoms with van der Waals surface area (Å²) in [5.41, 5.74) is 1.28. The topological polar surface area (TPSA) is 87.2 Å². The van der Waals surface area contributed by atoms with Gasteiger partial charge in [-0.1, -0.05) is 5.16 Å². The van der Waals surface area contributed by atoms with Gasteiger partial charge in [0.25, 0.3) is 5.56 Å². The predicted octanol–water partition coefficient (Wildman–Crippen LogP) is 1.38. The Balaban J connectivity index is 2.48. The predicted molar refractivity (Wildman–Crippen MR) is 74.3 cm³/mol. The first-order chi connectivity index (χ1) is 9.93. The molecule has 0 aliphatic heterocycles. The van der Waals surface area contributed by atoms with Crippen molar-refractivity contribution in [3.63, 3.8) is 0 Å². The number of hydrogen-bond donors (Lipinski definition) is 0. The molecule has 2 heterocycles. The lowest BCUT2D eigenvalue weighted by molar-refractivity contribution is 0.0523. The van der Waals surface area contributed by atoms with Crippen LogP contribution in [0.25, 0.3) is 0 Å². The van der Waals surface area contributed by atoms with Crippen LogP contribution in [0.1, 0.15) is 40.3 Å². The molecule has 0 unspecified atom stereocenters. The van der Waals surface area contributed by atoms with Crippen molar-refractivity contribution in [1.29, 1.82) is 0 Å². The lowest BCUT2D eigenvalue weighted by atomic mass is 10.1. The van der Waals surface area contributed by atoms with Crippen molar-refractivity contribution >= 4 is 5.97 Å². The molecule has 0 aromatic carbocycles. The van der Waals surface area contributed by atoms with E-state index >= 15 is 0 Å². The zero-order chi connectivity index (χ0) is 15.6. The fourth-order valence-electron chi connectivity index (χ4n) is 2.17. The minimum Gasteiger partial charge on any atom is -0.462 e. The Labute approximate surface area is 121 Å². The lowest BCUT2D eigenvalue weighted by Gasteiger charge is -2.14. The molecule has 0 amide bonds. The smallest absolute Gasteiger partial charge is 0.340 e. The maximum Gasteiger partial charge on any atom is 0.340 e. The Kier molecular flexibility index (Phi) is 4.21. The van der Waals surface area contributed by atoms with Crippen LogP contribution in [0.5, 0.6) is 0 Å². The van der Waals surface area contributed by atoms with Gasteiger partial charge in [0.2, 0.25) is 5.89 Å². The number of aromatic nitrogens is 3. The molecule has 0 radical (unpaired) electrons. The van der Waals surface area contributed by atoms with E-state index in [9.17, 15) is 9.59 Å². The largest absolute Gasteiger partial charge is 0.462 e. The molecule has 7 heteroatoms. The van der Waals surface area contributed by atoms with E-state index in [1.54, 1.807) is 27.7 Å². The summed E-state index contributed by atoms with van der Waals surface area (Å²) in [5, 5.41) is 3.68. The van der Waals surface area contributed by atoms with Gasteiger partial charge < -0.3 is 13.8 Å². The molecular formula is C14H17N3O4. The Morgan fingerprint density at radius 2 is 2.10 bits per heavy atom. The van der Waals surface area contributed by atoms with Gasteiger partial charge >= 0.3 is 5.97 Å². The Bertz CT molecular complexity index is 730. The second-order valence-corrected chi connectivity index (χ2v) is 4.67. The number of hydrogen-bond acceptors (Lipinski definition) is 6. The van der Waals surface area contributed by atoms with E-state index in [1.807, 2.05) is 0 Å². The van der Waals surface area contributed by atoms with Crippen LogP contribution in [0.15, 0.2) is 15.4 Å². The number of carbonyl (C=O) groups excluding carboxylic acids is 1.